The standard InChI is InChI=1S/C22H25BrN2O3/c1-5-28-21(26)22(2,3)13-20-24-18-12-16(27-4)10-11-19(18)25(20)14-15-8-6-7-9-17(15)23/h6-12H,5,13-14H2,1-4H3. The summed E-state index contributed by atoms with van der Waals surface area (Å²) >= 11 is 3.63. The molecule has 0 N–H and O–H groups in total. The predicted molar refractivity (Wildman–Crippen MR) is 114 cm³/mol. The molecule has 0 radical (unpaired) electrons. The van der Waals surface area contributed by atoms with Crippen LogP contribution in [0.5, 0.6) is 5.75 Å². The van der Waals surface area contributed by atoms with E-state index in [4.69, 9.17) is 14.5 Å². The highest BCUT2D eigenvalue weighted by Crippen LogP contribution is 2.29. The van der Waals surface area contributed by atoms with E-state index in [9.17, 15) is 4.79 Å². The molecule has 0 amide bonds. The van der Waals surface area contributed by atoms with Crippen molar-refractivity contribution in [1.82, 2.24) is 9.55 Å². The number of hydrogen-bond donors (Lipinski definition) is 0. The third kappa shape index (κ3) is 4.22. The fraction of sp³-hybridized carbons (Fsp3) is 0.364. The molecule has 0 saturated carbocycles. The molecule has 0 fully saturated rings. The molecule has 1 aromatic heterocycles. The number of nitrogens with zero attached hydrogens (tertiary/aromatic N) is 2. The molecule has 0 saturated heterocycles. The van der Waals surface area contributed by atoms with Crippen LogP contribution in [0.15, 0.2) is 46.9 Å². The molecule has 3 rings (SSSR count). The number of carbonyl (C=O) groups excluding carboxylic acids is 1. The van der Waals surface area contributed by atoms with Crippen molar-refractivity contribution in [3.05, 3.63) is 58.3 Å². The Bertz CT molecular complexity index is 995. The van der Waals surface area contributed by atoms with E-state index in [0.717, 1.165) is 32.6 Å². The Kier molecular flexibility index (Phi) is 6.08. The van der Waals surface area contributed by atoms with Gasteiger partial charge in [-0.25, -0.2) is 4.98 Å². The molecule has 0 spiro atoms. The van der Waals surface area contributed by atoms with Gasteiger partial charge in [0.15, 0.2) is 0 Å². The predicted octanol–water partition coefficient (Wildman–Crippen LogP) is 4.99. The Hall–Kier alpha value is -2.34. The zero-order valence-electron chi connectivity index (χ0n) is 16.7. The summed E-state index contributed by atoms with van der Waals surface area (Å²) in [6, 6.07) is 14.0. The van der Waals surface area contributed by atoms with Crippen LogP contribution in [0.25, 0.3) is 11.0 Å². The topological polar surface area (TPSA) is 53.4 Å². The number of rotatable bonds is 7. The summed E-state index contributed by atoms with van der Waals surface area (Å²) in [5.74, 6) is 1.39. The average Bonchev–Trinajstić information content (AvgIpc) is 2.99. The molecule has 0 aliphatic carbocycles. The SMILES string of the molecule is CCOC(=O)C(C)(C)Cc1nc2cc(OC)ccc2n1Cc1ccccc1Br. The van der Waals surface area contributed by atoms with E-state index < -0.39 is 5.41 Å². The largest absolute Gasteiger partial charge is 0.497 e. The van der Waals surface area contributed by atoms with Crippen LogP contribution in [0, 0.1) is 5.41 Å². The molecule has 0 unspecified atom stereocenters. The van der Waals surface area contributed by atoms with Crippen LogP contribution in [0.2, 0.25) is 0 Å². The number of imidazole rings is 1. The van der Waals surface area contributed by atoms with Crippen LogP contribution in [0.3, 0.4) is 0 Å². The number of carbonyl (C=O) groups is 1. The number of hydrogen-bond acceptors (Lipinski definition) is 4. The van der Waals surface area contributed by atoms with Crippen molar-refractivity contribution < 1.29 is 14.3 Å². The van der Waals surface area contributed by atoms with Gasteiger partial charge in [0.25, 0.3) is 0 Å². The molecule has 28 heavy (non-hydrogen) atoms. The quantitative estimate of drug-likeness (QED) is 0.481. The summed E-state index contributed by atoms with van der Waals surface area (Å²) in [7, 11) is 1.64. The summed E-state index contributed by atoms with van der Waals surface area (Å²) in [6.07, 6.45) is 0.479. The number of aromatic nitrogens is 2. The maximum Gasteiger partial charge on any atom is 0.311 e. The fourth-order valence-electron chi connectivity index (χ4n) is 3.19. The Labute approximate surface area is 173 Å². The highest BCUT2D eigenvalue weighted by atomic mass is 79.9. The van der Waals surface area contributed by atoms with Crippen LogP contribution in [-0.2, 0) is 22.5 Å². The summed E-state index contributed by atoms with van der Waals surface area (Å²) in [5, 5.41) is 0. The highest BCUT2D eigenvalue weighted by Gasteiger charge is 2.32. The summed E-state index contributed by atoms with van der Waals surface area (Å²) in [6.45, 7) is 6.63. The van der Waals surface area contributed by atoms with E-state index >= 15 is 0 Å². The molecular formula is C22H25BrN2O3. The second-order valence-electron chi connectivity index (χ2n) is 7.34. The first-order valence-electron chi connectivity index (χ1n) is 9.29. The van der Waals surface area contributed by atoms with E-state index in [0.29, 0.717) is 19.6 Å². The zero-order chi connectivity index (χ0) is 20.3. The second kappa shape index (κ2) is 8.35. The van der Waals surface area contributed by atoms with E-state index in [1.807, 2.05) is 57.2 Å². The zero-order valence-corrected chi connectivity index (χ0v) is 18.2. The van der Waals surface area contributed by atoms with Crippen molar-refractivity contribution in [1.29, 1.82) is 0 Å². The maximum absolute atomic E-state index is 12.4. The van der Waals surface area contributed by atoms with Gasteiger partial charge < -0.3 is 14.0 Å². The molecule has 2 aromatic carbocycles. The lowest BCUT2D eigenvalue weighted by Crippen LogP contribution is -2.30. The summed E-state index contributed by atoms with van der Waals surface area (Å²) < 4.78 is 13.8. The van der Waals surface area contributed by atoms with E-state index in [-0.39, 0.29) is 5.97 Å². The maximum atomic E-state index is 12.4. The highest BCUT2D eigenvalue weighted by molar-refractivity contribution is 9.10. The van der Waals surface area contributed by atoms with Gasteiger partial charge in [0.1, 0.15) is 11.6 Å². The molecule has 0 bridgehead atoms. The molecule has 0 aliphatic heterocycles. The molecule has 6 heteroatoms. The van der Waals surface area contributed by atoms with Crippen LogP contribution < -0.4 is 4.74 Å². The second-order valence-corrected chi connectivity index (χ2v) is 8.20. The van der Waals surface area contributed by atoms with Crippen LogP contribution in [0.4, 0.5) is 0 Å². The molecule has 0 aliphatic rings. The minimum absolute atomic E-state index is 0.216. The smallest absolute Gasteiger partial charge is 0.311 e. The van der Waals surface area contributed by atoms with Gasteiger partial charge in [0.2, 0.25) is 0 Å². The van der Waals surface area contributed by atoms with E-state index in [1.54, 1.807) is 7.11 Å². The van der Waals surface area contributed by atoms with Gasteiger partial charge in [-0.1, -0.05) is 34.1 Å². The average molecular weight is 445 g/mol. The van der Waals surface area contributed by atoms with Crippen LogP contribution >= 0.6 is 15.9 Å². The third-order valence-corrected chi connectivity index (χ3v) is 5.52. The fourth-order valence-corrected chi connectivity index (χ4v) is 3.60. The molecular weight excluding hydrogens is 420 g/mol. The van der Waals surface area contributed by atoms with Crippen molar-refractivity contribution in [2.24, 2.45) is 5.41 Å². The minimum Gasteiger partial charge on any atom is -0.497 e. The van der Waals surface area contributed by atoms with Gasteiger partial charge in [0, 0.05) is 17.0 Å². The lowest BCUT2D eigenvalue weighted by molar-refractivity contribution is -0.153. The number of fused-ring (bicyclic) bond motifs is 1. The molecule has 3 aromatic rings. The van der Waals surface area contributed by atoms with E-state index in [2.05, 4.69) is 26.6 Å². The number of halogens is 1. The van der Waals surface area contributed by atoms with Gasteiger partial charge >= 0.3 is 5.97 Å². The molecule has 0 atom stereocenters. The van der Waals surface area contributed by atoms with Crippen molar-refractivity contribution in [3.63, 3.8) is 0 Å². The van der Waals surface area contributed by atoms with Crippen molar-refractivity contribution >= 4 is 32.9 Å². The van der Waals surface area contributed by atoms with Crippen molar-refractivity contribution in [3.8, 4) is 5.75 Å². The van der Waals surface area contributed by atoms with E-state index in [1.165, 1.54) is 0 Å². The normalized spacial score (nSPS) is 11.6. The Morgan fingerprint density at radius 2 is 1.96 bits per heavy atom. The van der Waals surface area contributed by atoms with Gasteiger partial charge in [-0.2, -0.15) is 0 Å². The van der Waals surface area contributed by atoms with Gasteiger partial charge in [-0.05, 0) is 44.5 Å². The monoisotopic (exact) mass is 444 g/mol. The Balaban J connectivity index is 2.07. The lowest BCUT2D eigenvalue weighted by atomic mass is 9.89. The first kappa shape index (κ1) is 20.4. The molecule has 1 heterocycles. The number of esters is 1. The number of benzene rings is 2. The number of ether oxygens (including phenoxy) is 2. The summed E-state index contributed by atoms with van der Waals surface area (Å²) in [4.78, 5) is 17.3. The van der Waals surface area contributed by atoms with Crippen LogP contribution in [-0.4, -0.2) is 29.2 Å². The molecule has 148 valence electrons. The van der Waals surface area contributed by atoms with Gasteiger partial charge in [0.05, 0.1) is 36.7 Å². The molecule has 5 nitrogen and oxygen atoms in total. The van der Waals surface area contributed by atoms with Crippen molar-refractivity contribution in [2.75, 3.05) is 13.7 Å². The van der Waals surface area contributed by atoms with Crippen LogP contribution in [0.1, 0.15) is 32.2 Å². The van der Waals surface area contributed by atoms with Crippen molar-refractivity contribution in [2.45, 2.75) is 33.7 Å². The third-order valence-electron chi connectivity index (χ3n) is 4.75. The minimum atomic E-state index is -0.673. The van der Waals surface area contributed by atoms with Gasteiger partial charge in [-0.15, -0.1) is 0 Å². The van der Waals surface area contributed by atoms with Gasteiger partial charge in [-0.3, -0.25) is 4.79 Å². The summed E-state index contributed by atoms with van der Waals surface area (Å²) in [5.41, 5.74) is 2.33. The number of methoxy groups -OCH3 is 1. The first-order valence-corrected chi connectivity index (χ1v) is 10.1. The first-order chi connectivity index (χ1) is 13.4. The Morgan fingerprint density at radius 3 is 2.64 bits per heavy atom. The lowest BCUT2D eigenvalue weighted by Gasteiger charge is -2.22. The Morgan fingerprint density at radius 1 is 1.21 bits per heavy atom.